The third kappa shape index (κ3) is 2.67. The molecule has 4 heteroatoms. The largest absolute Gasteiger partial charge is 0.310 e. The Hall–Kier alpha value is -1.13. The molecule has 1 N–H and O–H groups in total. The normalized spacial score (nSPS) is 18.4. The number of aromatic nitrogens is 2. The van der Waals surface area contributed by atoms with Gasteiger partial charge in [0.25, 0.3) is 0 Å². The highest BCUT2D eigenvalue weighted by Crippen LogP contribution is 2.39. The highest BCUT2D eigenvalue weighted by molar-refractivity contribution is 9.10. The number of hydrogen-bond acceptors (Lipinski definition) is 2. The quantitative estimate of drug-likeness (QED) is 0.903. The molecular formula is C16H18BrN3. The van der Waals surface area contributed by atoms with E-state index in [1.807, 2.05) is 4.68 Å². The number of nitrogens with zero attached hydrogens (tertiary/aromatic N) is 2. The summed E-state index contributed by atoms with van der Waals surface area (Å²) >= 11 is 3.68. The summed E-state index contributed by atoms with van der Waals surface area (Å²) in [6, 6.07) is 9.39. The van der Waals surface area contributed by atoms with E-state index in [1.54, 1.807) is 0 Å². The molecule has 0 amide bonds. The van der Waals surface area contributed by atoms with Crippen molar-refractivity contribution in [3.05, 3.63) is 46.2 Å². The van der Waals surface area contributed by atoms with Crippen LogP contribution in [0, 0.1) is 0 Å². The summed E-state index contributed by atoms with van der Waals surface area (Å²) in [4.78, 5) is 0. The van der Waals surface area contributed by atoms with Crippen LogP contribution in [0.25, 0.3) is 5.69 Å². The Balaban J connectivity index is 1.53. The number of rotatable bonds is 5. The highest BCUT2D eigenvalue weighted by Gasteiger charge is 2.26. The molecule has 0 atom stereocenters. The van der Waals surface area contributed by atoms with Crippen molar-refractivity contribution in [2.75, 3.05) is 0 Å². The van der Waals surface area contributed by atoms with E-state index in [2.05, 4.69) is 56.8 Å². The first-order valence-corrected chi connectivity index (χ1v) is 8.16. The molecule has 4 rings (SSSR count). The summed E-state index contributed by atoms with van der Waals surface area (Å²) in [6.07, 6.45) is 7.32. The van der Waals surface area contributed by atoms with E-state index in [0.717, 1.165) is 22.7 Å². The maximum atomic E-state index is 4.68. The third-order valence-corrected chi connectivity index (χ3v) is 4.80. The van der Waals surface area contributed by atoms with Gasteiger partial charge in [0.05, 0.1) is 11.4 Å². The van der Waals surface area contributed by atoms with E-state index in [-0.39, 0.29) is 0 Å². The van der Waals surface area contributed by atoms with Gasteiger partial charge in [-0.2, -0.15) is 5.10 Å². The van der Waals surface area contributed by atoms with E-state index < -0.39 is 0 Å². The van der Waals surface area contributed by atoms with Gasteiger partial charge in [0.2, 0.25) is 0 Å². The van der Waals surface area contributed by atoms with Crippen molar-refractivity contribution in [3.63, 3.8) is 0 Å². The van der Waals surface area contributed by atoms with Crippen LogP contribution < -0.4 is 5.32 Å². The van der Waals surface area contributed by atoms with Crippen LogP contribution in [0.1, 0.15) is 42.9 Å². The van der Waals surface area contributed by atoms with Gasteiger partial charge >= 0.3 is 0 Å². The zero-order valence-electron chi connectivity index (χ0n) is 11.3. The minimum Gasteiger partial charge on any atom is -0.310 e. The molecule has 2 aromatic rings. The Kier molecular flexibility index (Phi) is 3.15. The molecule has 0 radical (unpaired) electrons. The summed E-state index contributed by atoms with van der Waals surface area (Å²) in [7, 11) is 0. The summed E-state index contributed by atoms with van der Waals surface area (Å²) in [5.41, 5.74) is 3.68. The fraction of sp³-hybridized carbons (Fsp3) is 0.438. The SMILES string of the molecule is Brc1cc(-n2ccc(C3CC3)n2)ccc1CNC1CC1. The average Bonchev–Trinajstić information content (AvgIpc) is 3.37. The molecule has 0 spiro atoms. The van der Waals surface area contributed by atoms with E-state index in [4.69, 9.17) is 0 Å². The van der Waals surface area contributed by atoms with Crippen molar-refractivity contribution >= 4 is 15.9 Å². The van der Waals surface area contributed by atoms with Crippen LogP contribution in [0.15, 0.2) is 34.9 Å². The first kappa shape index (κ1) is 12.6. The van der Waals surface area contributed by atoms with Crippen molar-refractivity contribution in [2.45, 2.75) is 44.2 Å². The van der Waals surface area contributed by atoms with Gasteiger partial charge in [-0.3, -0.25) is 0 Å². The molecule has 1 aromatic carbocycles. The molecule has 1 heterocycles. The lowest BCUT2D eigenvalue weighted by Gasteiger charge is -2.08. The molecule has 0 saturated heterocycles. The zero-order chi connectivity index (χ0) is 13.5. The number of benzene rings is 1. The molecule has 0 unspecified atom stereocenters. The minimum absolute atomic E-state index is 0.710. The minimum atomic E-state index is 0.710. The van der Waals surface area contributed by atoms with E-state index in [0.29, 0.717) is 5.92 Å². The average molecular weight is 332 g/mol. The molecule has 2 fully saturated rings. The van der Waals surface area contributed by atoms with Gasteiger partial charge in [0, 0.05) is 29.2 Å². The molecule has 0 aliphatic heterocycles. The molecular weight excluding hydrogens is 314 g/mol. The molecule has 20 heavy (non-hydrogen) atoms. The van der Waals surface area contributed by atoms with Crippen molar-refractivity contribution in [1.82, 2.24) is 15.1 Å². The Morgan fingerprint density at radius 2 is 2.05 bits per heavy atom. The maximum Gasteiger partial charge on any atom is 0.0659 e. The highest BCUT2D eigenvalue weighted by atomic mass is 79.9. The van der Waals surface area contributed by atoms with Crippen LogP contribution in [0.5, 0.6) is 0 Å². The summed E-state index contributed by atoms with van der Waals surface area (Å²) in [5, 5.41) is 8.23. The molecule has 1 aromatic heterocycles. The standard InChI is InChI=1S/C16H18BrN3/c17-15-9-14(6-3-12(15)10-18-13-4-5-13)20-8-7-16(19-20)11-1-2-11/h3,6-9,11,13,18H,1-2,4-5,10H2. The van der Waals surface area contributed by atoms with Crippen LogP contribution in [0.2, 0.25) is 0 Å². The topological polar surface area (TPSA) is 29.9 Å². The lowest BCUT2D eigenvalue weighted by molar-refractivity contribution is 0.685. The second-order valence-corrected chi connectivity index (χ2v) is 6.74. The first-order valence-electron chi connectivity index (χ1n) is 7.37. The predicted molar refractivity (Wildman–Crippen MR) is 83.1 cm³/mol. The van der Waals surface area contributed by atoms with Crippen molar-refractivity contribution in [1.29, 1.82) is 0 Å². The van der Waals surface area contributed by atoms with E-state index in [9.17, 15) is 0 Å². The van der Waals surface area contributed by atoms with E-state index in [1.165, 1.54) is 36.9 Å². The van der Waals surface area contributed by atoms with Crippen LogP contribution in [-0.2, 0) is 6.54 Å². The molecule has 104 valence electrons. The molecule has 2 aliphatic rings. The Bertz CT molecular complexity index is 626. The van der Waals surface area contributed by atoms with Gasteiger partial charge in [-0.05, 0) is 49.4 Å². The van der Waals surface area contributed by atoms with Crippen LogP contribution in [0.3, 0.4) is 0 Å². The van der Waals surface area contributed by atoms with Crippen LogP contribution in [0.4, 0.5) is 0 Å². The lowest BCUT2D eigenvalue weighted by Crippen LogP contribution is -2.15. The van der Waals surface area contributed by atoms with Gasteiger partial charge in [-0.1, -0.05) is 22.0 Å². The monoisotopic (exact) mass is 331 g/mol. The van der Waals surface area contributed by atoms with Gasteiger partial charge in [-0.15, -0.1) is 0 Å². The molecule has 3 nitrogen and oxygen atoms in total. The summed E-state index contributed by atoms with van der Waals surface area (Å²) in [5.74, 6) is 0.710. The van der Waals surface area contributed by atoms with Crippen molar-refractivity contribution < 1.29 is 0 Å². The molecule has 2 aliphatic carbocycles. The summed E-state index contributed by atoms with van der Waals surface area (Å²) < 4.78 is 3.14. The predicted octanol–water partition coefficient (Wildman–Crippen LogP) is 3.76. The molecule has 2 saturated carbocycles. The van der Waals surface area contributed by atoms with Crippen LogP contribution in [-0.4, -0.2) is 15.8 Å². The Labute approximate surface area is 127 Å². The fourth-order valence-corrected chi connectivity index (χ4v) is 2.95. The van der Waals surface area contributed by atoms with E-state index >= 15 is 0 Å². The van der Waals surface area contributed by atoms with Gasteiger partial charge in [-0.25, -0.2) is 4.68 Å². The number of hydrogen-bond donors (Lipinski definition) is 1. The molecule has 0 bridgehead atoms. The fourth-order valence-electron chi connectivity index (χ4n) is 2.44. The maximum absolute atomic E-state index is 4.68. The smallest absolute Gasteiger partial charge is 0.0659 e. The Morgan fingerprint density at radius 3 is 2.75 bits per heavy atom. The van der Waals surface area contributed by atoms with Crippen molar-refractivity contribution in [2.24, 2.45) is 0 Å². The Morgan fingerprint density at radius 1 is 1.20 bits per heavy atom. The number of halogens is 1. The van der Waals surface area contributed by atoms with Crippen LogP contribution >= 0.6 is 15.9 Å². The second-order valence-electron chi connectivity index (χ2n) is 5.89. The summed E-state index contributed by atoms with van der Waals surface area (Å²) in [6.45, 7) is 0.942. The number of nitrogens with one attached hydrogen (secondary N) is 1. The first-order chi connectivity index (χ1) is 9.79. The van der Waals surface area contributed by atoms with Gasteiger partial charge < -0.3 is 5.32 Å². The lowest BCUT2D eigenvalue weighted by atomic mass is 10.2. The van der Waals surface area contributed by atoms with Gasteiger partial charge in [0.15, 0.2) is 0 Å². The van der Waals surface area contributed by atoms with Crippen molar-refractivity contribution in [3.8, 4) is 5.69 Å². The third-order valence-electron chi connectivity index (χ3n) is 4.07. The van der Waals surface area contributed by atoms with Gasteiger partial charge in [0.1, 0.15) is 0 Å². The zero-order valence-corrected chi connectivity index (χ0v) is 12.9. The second kappa shape index (κ2) is 5.01.